The van der Waals surface area contributed by atoms with E-state index >= 15 is 0 Å². The van der Waals surface area contributed by atoms with E-state index in [0.717, 1.165) is 19.6 Å². The number of piperazine rings is 1. The van der Waals surface area contributed by atoms with Crippen molar-refractivity contribution < 1.29 is 28.9 Å². The topological polar surface area (TPSA) is 88.5 Å². The number of hydrogen-bond acceptors (Lipinski definition) is 6. The minimum Gasteiger partial charge on any atom is -0.493 e. The van der Waals surface area contributed by atoms with Crippen molar-refractivity contribution in [1.82, 2.24) is 9.80 Å². The van der Waals surface area contributed by atoms with Crippen molar-refractivity contribution in [2.75, 3.05) is 47.0 Å². The number of hydrogen-bond donors (Lipinski definition) is 1. The van der Waals surface area contributed by atoms with Crippen LogP contribution in [-0.2, 0) is 11.3 Å². The summed E-state index contributed by atoms with van der Waals surface area (Å²) >= 11 is 5.93. The lowest BCUT2D eigenvalue weighted by molar-refractivity contribution is -0.135. The van der Waals surface area contributed by atoms with Gasteiger partial charge in [0.15, 0.2) is 18.1 Å². The monoisotopic (exact) mass is 448 g/mol. The van der Waals surface area contributed by atoms with Gasteiger partial charge >= 0.3 is 5.97 Å². The average molecular weight is 449 g/mol. The molecule has 1 fully saturated rings. The highest BCUT2D eigenvalue weighted by molar-refractivity contribution is 6.30. The molecule has 1 heterocycles. The van der Waals surface area contributed by atoms with Crippen LogP contribution in [0.15, 0.2) is 36.4 Å². The third kappa shape index (κ3) is 5.80. The lowest BCUT2D eigenvalue weighted by atomic mass is 10.2. The Morgan fingerprint density at radius 1 is 1.00 bits per heavy atom. The molecule has 1 N–H and O–H groups in total. The first kappa shape index (κ1) is 22.7. The number of nitrogens with zero attached hydrogens (tertiary/aromatic N) is 2. The molecule has 1 aliphatic rings. The lowest BCUT2D eigenvalue weighted by Gasteiger charge is -2.34. The zero-order valence-electron chi connectivity index (χ0n) is 17.5. The third-order valence-electron chi connectivity index (χ3n) is 5.09. The summed E-state index contributed by atoms with van der Waals surface area (Å²) in [5.74, 6) is -0.687. The molecule has 2 aromatic carbocycles. The van der Waals surface area contributed by atoms with Crippen LogP contribution < -0.4 is 14.2 Å². The maximum Gasteiger partial charge on any atom is 0.335 e. The van der Waals surface area contributed by atoms with Crippen LogP contribution in [0, 0.1) is 0 Å². The Labute approximate surface area is 185 Å². The van der Waals surface area contributed by atoms with E-state index in [1.54, 1.807) is 4.90 Å². The highest BCUT2D eigenvalue weighted by Crippen LogP contribution is 2.38. The number of carbonyl (C=O) groups is 2. The van der Waals surface area contributed by atoms with Crippen molar-refractivity contribution in [2.45, 2.75) is 6.54 Å². The molecular formula is C22H25ClN2O6. The number of rotatable bonds is 8. The van der Waals surface area contributed by atoms with Crippen molar-refractivity contribution in [2.24, 2.45) is 0 Å². The zero-order chi connectivity index (χ0) is 22.4. The Bertz CT molecular complexity index is 901. The fraction of sp³-hybridized carbons (Fsp3) is 0.364. The van der Waals surface area contributed by atoms with Crippen LogP contribution in [0.5, 0.6) is 17.2 Å². The number of carboxylic acid groups (broad SMARTS) is 1. The lowest BCUT2D eigenvalue weighted by Crippen LogP contribution is -2.49. The second-order valence-electron chi connectivity index (χ2n) is 7.09. The second kappa shape index (κ2) is 10.4. The first-order valence-electron chi connectivity index (χ1n) is 9.78. The standard InChI is InChI=1S/C22H25ClN2O6/c1-29-18-11-16(22(27)28)12-19(30-2)21(18)31-14-20(26)25-9-7-24(8-10-25)13-15-3-5-17(23)6-4-15/h3-6,11-12H,7-10,13-14H2,1-2H3,(H,27,28). The molecule has 8 nitrogen and oxygen atoms in total. The quantitative estimate of drug-likeness (QED) is 0.664. The highest BCUT2D eigenvalue weighted by atomic mass is 35.5. The Hall–Kier alpha value is -2.97. The highest BCUT2D eigenvalue weighted by Gasteiger charge is 2.23. The Balaban J connectivity index is 1.56. The van der Waals surface area contributed by atoms with E-state index in [9.17, 15) is 14.7 Å². The molecule has 0 bridgehead atoms. The summed E-state index contributed by atoms with van der Waals surface area (Å²) < 4.78 is 16.1. The van der Waals surface area contributed by atoms with Gasteiger partial charge < -0.3 is 24.2 Å². The molecular weight excluding hydrogens is 424 g/mol. The van der Waals surface area contributed by atoms with Gasteiger partial charge in [-0.3, -0.25) is 9.69 Å². The average Bonchev–Trinajstić information content (AvgIpc) is 2.78. The van der Waals surface area contributed by atoms with Gasteiger partial charge in [-0.15, -0.1) is 0 Å². The Morgan fingerprint density at radius 2 is 1.58 bits per heavy atom. The molecule has 0 radical (unpaired) electrons. The molecule has 3 rings (SSSR count). The fourth-order valence-corrected chi connectivity index (χ4v) is 3.50. The number of aromatic carboxylic acids is 1. The number of carbonyl (C=O) groups excluding carboxylic acids is 1. The van der Waals surface area contributed by atoms with E-state index in [1.807, 2.05) is 24.3 Å². The number of ether oxygens (including phenoxy) is 3. The van der Waals surface area contributed by atoms with Crippen molar-refractivity contribution in [3.8, 4) is 17.2 Å². The van der Waals surface area contributed by atoms with E-state index in [1.165, 1.54) is 31.9 Å². The van der Waals surface area contributed by atoms with Gasteiger partial charge in [0.2, 0.25) is 5.75 Å². The van der Waals surface area contributed by atoms with Crippen LogP contribution in [0.4, 0.5) is 0 Å². The molecule has 0 aliphatic carbocycles. The zero-order valence-corrected chi connectivity index (χ0v) is 18.2. The van der Waals surface area contributed by atoms with Gasteiger partial charge in [0.05, 0.1) is 19.8 Å². The van der Waals surface area contributed by atoms with E-state index in [0.29, 0.717) is 18.1 Å². The number of carboxylic acids is 1. The molecule has 9 heteroatoms. The Morgan fingerprint density at radius 3 is 2.10 bits per heavy atom. The molecule has 0 atom stereocenters. The summed E-state index contributed by atoms with van der Waals surface area (Å²) in [5, 5.41) is 9.92. The van der Waals surface area contributed by atoms with Gasteiger partial charge in [-0.2, -0.15) is 0 Å². The van der Waals surface area contributed by atoms with Gasteiger partial charge in [-0.1, -0.05) is 23.7 Å². The smallest absolute Gasteiger partial charge is 0.335 e. The predicted molar refractivity (Wildman–Crippen MR) is 115 cm³/mol. The Kier molecular flexibility index (Phi) is 7.59. The molecule has 1 aliphatic heterocycles. The summed E-state index contributed by atoms with van der Waals surface area (Å²) in [5.41, 5.74) is 1.18. The third-order valence-corrected chi connectivity index (χ3v) is 5.34. The molecule has 1 amide bonds. The number of benzene rings is 2. The van der Waals surface area contributed by atoms with Crippen molar-refractivity contribution >= 4 is 23.5 Å². The minimum atomic E-state index is -1.12. The van der Waals surface area contributed by atoms with Gasteiger partial charge in [0, 0.05) is 37.7 Å². The summed E-state index contributed by atoms with van der Waals surface area (Å²) in [4.78, 5) is 27.9. The number of methoxy groups -OCH3 is 2. The van der Waals surface area contributed by atoms with Crippen LogP contribution in [0.25, 0.3) is 0 Å². The predicted octanol–water partition coefficient (Wildman–Crippen LogP) is 2.78. The number of amides is 1. The largest absolute Gasteiger partial charge is 0.493 e. The van der Waals surface area contributed by atoms with E-state index in [-0.39, 0.29) is 35.3 Å². The summed E-state index contributed by atoms with van der Waals surface area (Å²) in [7, 11) is 2.80. The summed E-state index contributed by atoms with van der Waals surface area (Å²) in [6, 6.07) is 10.4. The molecule has 0 saturated carbocycles. The van der Waals surface area contributed by atoms with Crippen LogP contribution in [0.1, 0.15) is 15.9 Å². The van der Waals surface area contributed by atoms with Crippen LogP contribution >= 0.6 is 11.6 Å². The first-order valence-corrected chi connectivity index (χ1v) is 10.2. The van der Waals surface area contributed by atoms with Crippen LogP contribution in [-0.4, -0.2) is 73.8 Å². The van der Waals surface area contributed by atoms with Gasteiger partial charge in [-0.05, 0) is 29.8 Å². The van der Waals surface area contributed by atoms with Crippen LogP contribution in [0.3, 0.4) is 0 Å². The molecule has 1 saturated heterocycles. The first-order chi connectivity index (χ1) is 14.9. The molecule has 166 valence electrons. The minimum absolute atomic E-state index is 0.00388. The van der Waals surface area contributed by atoms with E-state index in [2.05, 4.69) is 4.90 Å². The fourth-order valence-electron chi connectivity index (χ4n) is 3.37. The van der Waals surface area contributed by atoms with E-state index < -0.39 is 5.97 Å². The van der Waals surface area contributed by atoms with E-state index in [4.69, 9.17) is 25.8 Å². The molecule has 0 unspecified atom stereocenters. The maximum atomic E-state index is 12.6. The molecule has 2 aromatic rings. The molecule has 0 aromatic heterocycles. The number of halogens is 1. The second-order valence-corrected chi connectivity index (χ2v) is 7.52. The van der Waals surface area contributed by atoms with Gasteiger partial charge in [0.25, 0.3) is 5.91 Å². The van der Waals surface area contributed by atoms with Crippen molar-refractivity contribution in [3.05, 3.63) is 52.5 Å². The molecule has 0 spiro atoms. The SMILES string of the molecule is COc1cc(C(=O)O)cc(OC)c1OCC(=O)N1CCN(Cc2ccc(Cl)cc2)CC1. The summed E-state index contributed by atoms with van der Waals surface area (Å²) in [6.45, 7) is 3.32. The molecule has 31 heavy (non-hydrogen) atoms. The van der Waals surface area contributed by atoms with Gasteiger partial charge in [-0.25, -0.2) is 4.79 Å². The van der Waals surface area contributed by atoms with Crippen molar-refractivity contribution in [3.63, 3.8) is 0 Å². The van der Waals surface area contributed by atoms with Crippen LogP contribution in [0.2, 0.25) is 5.02 Å². The maximum absolute atomic E-state index is 12.6. The van der Waals surface area contributed by atoms with Crippen molar-refractivity contribution in [1.29, 1.82) is 0 Å². The van der Waals surface area contributed by atoms with Gasteiger partial charge in [0.1, 0.15) is 0 Å². The normalized spacial score (nSPS) is 14.2. The summed E-state index contributed by atoms with van der Waals surface area (Å²) in [6.07, 6.45) is 0.